The molecule has 0 aliphatic carbocycles. The van der Waals surface area contributed by atoms with Gasteiger partial charge in [0.25, 0.3) is 0 Å². The van der Waals surface area contributed by atoms with Crippen LogP contribution in [0.5, 0.6) is 0 Å². The molecule has 0 saturated heterocycles. The third-order valence-electron chi connectivity index (χ3n) is 2.61. The molecule has 0 unspecified atom stereocenters. The molecule has 0 aromatic carbocycles. The molecule has 16 heavy (non-hydrogen) atoms. The first-order valence-corrected chi connectivity index (χ1v) is 5.82. The average molecular weight is 220 g/mol. The Morgan fingerprint density at radius 2 is 2.00 bits per heavy atom. The molecule has 0 aliphatic rings. The van der Waals surface area contributed by atoms with E-state index in [2.05, 4.69) is 4.98 Å². The Morgan fingerprint density at radius 1 is 1.38 bits per heavy atom. The minimum absolute atomic E-state index is 0.0809. The standard InChI is InChI=1S/C13H20N2O/c1-4-15(13(16)11(2)3)10-7-12-5-8-14-9-6-12/h5-6,8-9,11H,4,7,10H2,1-3H3. The summed E-state index contributed by atoms with van der Waals surface area (Å²) in [6, 6.07) is 3.99. The van der Waals surface area contributed by atoms with Gasteiger partial charge in [-0.05, 0) is 31.0 Å². The fourth-order valence-corrected chi connectivity index (χ4v) is 1.60. The van der Waals surface area contributed by atoms with Crippen LogP contribution in [-0.4, -0.2) is 28.9 Å². The van der Waals surface area contributed by atoms with Crippen molar-refractivity contribution in [2.75, 3.05) is 13.1 Å². The predicted octanol–water partition coefficient (Wildman–Crippen LogP) is 2.13. The van der Waals surface area contributed by atoms with Crippen LogP contribution >= 0.6 is 0 Å². The lowest BCUT2D eigenvalue weighted by Gasteiger charge is -2.22. The molecule has 0 N–H and O–H groups in total. The lowest BCUT2D eigenvalue weighted by Crippen LogP contribution is -2.35. The first kappa shape index (κ1) is 12.7. The van der Waals surface area contributed by atoms with Crippen LogP contribution in [0, 0.1) is 5.92 Å². The molecule has 3 heteroatoms. The minimum atomic E-state index is 0.0809. The Morgan fingerprint density at radius 3 is 2.50 bits per heavy atom. The Labute approximate surface area is 97.5 Å². The zero-order valence-electron chi connectivity index (χ0n) is 10.3. The van der Waals surface area contributed by atoms with Gasteiger partial charge in [0, 0.05) is 31.4 Å². The second-order valence-electron chi connectivity index (χ2n) is 4.18. The van der Waals surface area contributed by atoms with Crippen molar-refractivity contribution in [3.63, 3.8) is 0 Å². The summed E-state index contributed by atoms with van der Waals surface area (Å²) in [5.74, 6) is 0.314. The van der Waals surface area contributed by atoms with Crippen molar-refractivity contribution in [1.29, 1.82) is 0 Å². The number of nitrogens with zero attached hydrogens (tertiary/aromatic N) is 2. The summed E-state index contributed by atoms with van der Waals surface area (Å²) in [7, 11) is 0. The maximum atomic E-state index is 11.8. The Bertz CT molecular complexity index is 322. The third kappa shape index (κ3) is 3.65. The number of aromatic nitrogens is 1. The summed E-state index contributed by atoms with van der Waals surface area (Å²) in [6.07, 6.45) is 4.47. The van der Waals surface area contributed by atoms with Crippen molar-refractivity contribution in [3.8, 4) is 0 Å². The van der Waals surface area contributed by atoms with Gasteiger partial charge in [0.15, 0.2) is 0 Å². The number of rotatable bonds is 5. The van der Waals surface area contributed by atoms with Gasteiger partial charge in [0.1, 0.15) is 0 Å². The van der Waals surface area contributed by atoms with Crippen LogP contribution < -0.4 is 0 Å². The van der Waals surface area contributed by atoms with Crippen molar-refractivity contribution >= 4 is 5.91 Å². The predicted molar refractivity (Wildman–Crippen MR) is 65.0 cm³/mol. The molecular weight excluding hydrogens is 200 g/mol. The molecule has 1 heterocycles. The third-order valence-corrected chi connectivity index (χ3v) is 2.61. The molecule has 1 aromatic rings. The smallest absolute Gasteiger partial charge is 0.225 e. The fraction of sp³-hybridized carbons (Fsp3) is 0.538. The van der Waals surface area contributed by atoms with E-state index < -0.39 is 0 Å². The van der Waals surface area contributed by atoms with Crippen molar-refractivity contribution in [3.05, 3.63) is 30.1 Å². The topological polar surface area (TPSA) is 33.2 Å². The number of carbonyl (C=O) groups is 1. The monoisotopic (exact) mass is 220 g/mol. The average Bonchev–Trinajstić information content (AvgIpc) is 2.30. The number of hydrogen-bond acceptors (Lipinski definition) is 2. The summed E-state index contributed by atoms with van der Waals surface area (Å²) in [5, 5.41) is 0. The van der Waals surface area contributed by atoms with Crippen LogP contribution in [-0.2, 0) is 11.2 Å². The molecule has 1 amide bonds. The van der Waals surface area contributed by atoms with Crippen molar-refractivity contribution < 1.29 is 4.79 Å². The number of amides is 1. The second kappa shape index (κ2) is 6.26. The van der Waals surface area contributed by atoms with E-state index in [-0.39, 0.29) is 11.8 Å². The molecule has 0 atom stereocenters. The van der Waals surface area contributed by atoms with E-state index in [1.54, 1.807) is 12.4 Å². The molecule has 88 valence electrons. The number of pyridine rings is 1. The molecule has 0 radical (unpaired) electrons. The van der Waals surface area contributed by atoms with Gasteiger partial charge >= 0.3 is 0 Å². The summed E-state index contributed by atoms with van der Waals surface area (Å²) in [4.78, 5) is 17.7. The second-order valence-corrected chi connectivity index (χ2v) is 4.18. The molecule has 0 bridgehead atoms. The zero-order chi connectivity index (χ0) is 12.0. The molecule has 0 saturated carbocycles. The number of likely N-dealkylation sites (N-methyl/N-ethyl adjacent to an activating group) is 1. The summed E-state index contributed by atoms with van der Waals surface area (Å²) in [5.41, 5.74) is 1.23. The highest BCUT2D eigenvalue weighted by Crippen LogP contribution is 2.04. The number of carbonyl (C=O) groups excluding carboxylic acids is 1. The van der Waals surface area contributed by atoms with E-state index in [4.69, 9.17) is 0 Å². The van der Waals surface area contributed by atoms with E-state index in [0.717, 1.165) is 19.5 Å². The van der Waals surface area contributed by atoms with E-state index in [1.807, 2.05) is 37.8 Å². The van der Waals surface area contributed by atoms with Crippen LogP contribution in [0.25, 0.3) is 0 Å². The maximum absolute atomic E-state index is 11.8. The van der Waals surface area contributed by atoms with Crippen LogP contribution in [0.1, 0.15) is 26.3 Å². The highest BCUT2D eigenvalue weighted by molar-refractivity contribution is 5.78. The maximum Gasteiger partial charge on any atom is 0.225 e. The van der Waals surface area contributed by atoms with E-state index in [9.17, 15) is 4.79 Å². The van der Waals surface area contributed by atoms with Gasteiger partial charge in [0.05, 0.1) is 0 Å². The lowest BCUT2D eigenvalue weighted by molar-refractivity contribution is -0.134. The zero-order valence-corrected chi connectivity index (χ0v) is 10.3. The Balaban J connectivity index is 2.49. The summed E-state index contributed by atoms with van der Waals surface area (Å²) >= 11 is 0. The molecular formula is C13H20N2O. The molecule has 0 aliphatic heterocycles. The first-order valence-electron chi connectivity index (χ1n) is 5.82. The first-order chi connectivity index (χ1) is 7.65. The quantitative estimate of drug-likeness (QED) is 0.761. The van der Waals surface area contributed by atoms with Crippen LogP contribution in [0.15, 0.2) is 24.5 Å². The largest absolute Gasteiger partial charge is 0.342 e. The van der Waals surface area contributed by atoms with Gasteiger partial charge in [-0.1, -0.05) is 13.8 Å². The van der Waals surface area contributed by atoms with Crippen LogP contribution in [0.3, 0.4) is 0 Å². The Kier molecular flexibility index (Phi) is 4.96. The van der Waals surface area contributed by atoms with Crippen molar-refractivity contribution in [2.24, 2.45) is 5.92 Å². The molecule has 3 nitrogen and oxygen atoms in total. The highest BCUT2D eigenvalue weighted by atomic mass is 16.2. The molecule has 1 rings (SSSR count). The Hall–Kier alpha value is -1.38. The lowest BCUT2D eigenvalue weighted by atomic mass is 10.1. The summed E-state index contributed by atoms with van der Waals surface area (Å²) in [6.45, 7) is 7.47. The molecule has 0 fully saturated rings. The molecule has 1 aromatic heterocycles. The number of hydrogen-bond donors (Lipinski definition) is 0. The normalized spacial score (nSPS) is 10.5. The van der Waals surface area contributed by atoms with Crippen molar-refractivity contribution in [1.82, 2.24) is 9.88 Å². The van der Waals surface area contributed by atoms with Crippen molar-refractivity contribution in [2.45, 2.75) is 27.2 Å². The van der Waals surface area contributed by atoms with E-state index >= 15 is 0 Å². The van der Waals surface area contributed by atoms with Gasteiger partial charge in [-0.25, -0.2) is 0 Å². The SMILES string of the molecule is CCN(CCc1ccncc1)C(=O)C(C)C. The fourth-order valence-electron chi connectivity index (χ4n) is 1.60. The van der Waals surface area contributed by atoms with Gasteiger partial charge in [-0.15, -0.1) is 0 Å². The van der Waals surface area contributed by atoms with Crippen LogP contribution in [0.4, 0.5) is 0 Å². The van der Waals surface area contributed by atoms with Gasteiger partial charge in [0.2, 0.25) is 5.91 Å². The summed E-state index contributed by atoms with van der Waals surface area (Å²) < 4.78 is 0. The van der Waals surface area contributed by atoms with E-state index in [0.29, 0.717) is 0 Å². The van der Waals surface area contributed by atoms with Gasteiger partial charge in [-0.3, -0.25) is 9.78 Å². The molecule has 0 spiro atoms. The highest BCUT2D eigenvalue weighted by Gasteiger charge is 2.14. The van der Waals surface area contributed by atoms with Crippen LogP contribution in [0.2, 0.25) is 0 Å². The minimum Gasteiger partial charge on any atom is -0.342 e. The van der Waals surface area contributed by atoms with Gasteiger partial charge < -0.3 is 4.90 Å². The van der Waals surface area contributed by atoms with Gasteiger partial charge in [-0.2, -0.15) is 0 Å². The van der Waals surface area contributed by atoms with E-state index in [1.165, 1.54) is 5.56 Å².